The predicted octanol–water partition coefficient (Wildman–Crippen LogP) is 6.30. The molecule has 0 spiro atoms. The van der Waals surface area contributed by atoms with Crippen LogP contribution in [0.2, 0.25) is 0 Å². The van der Waals surface area contributed by atoms with Crippen molar-refractivity contribution in [3.05, 3.63) is 159 Å². The number of aromatic nitrogens is 1. The van der Waals surface area contributed by atoms with Gasteiger partial charge < -0.3 is 25.4 Å². The summed E-state index contributed by atoms with van der Waals surface area (Å²) < 4.78 is 11.4. The van der Waals surface area contributed by atoms with Crippen molar-refractivity contribution in [1.82, 2.24) is 15.2 Å². The Morgan fingerprint density at radius 3 is 2.24 bits per heavy atom. The molecular weight excluding hydrogens is 850 g/mol. The van der Waals surface area contributed by atoms with E-state index in [1.165, 1.54) is 35.1 Å². The molecule has 1 fully saturated rings. The molecule has 5 aromatic rings. The van der Waals surface area contributed by atoms with Crippen molar-refractivity contribution in [3.63, 3.8) is 0 Å². The Balaban J connectivity index is 1.16. The minimum Gasteiger partial charge on any atom is -0.497 e. The summed E-state index contributed by atoms with van der Waals surface area (Å²) in [6.07, 6.45) is 0. The number of thiazole rings is 1. The first-order valence-electron chi connectivity index (χ1n) is 17.2. The molecule has 7 rings (SSSR count). The van der Waals surface area contributed by atoms with Gasteiger partial charge in [0.25, 0.3) is 11.8 Å². The lowest BCUT2D eigenvalue weighted by molar-refractivity contribution is -0.153. The van der Waals surface area contributed by atoms with Crippen LogP contribution in [0.5, 0.6) is 5.75 Å². The first-order valence-corrected chi connectivity index (χ1v) is 20.6. The number of nitrogens with two attached hydrogens (primary N) is 1. The van der Waals surface area contributed by atoms with Gasteiger partial charge in [0, 0.05) is 21.2 Å². The minimum absolute atomic E-state index is 0.0278. The smallest absolute Gasteiger partial charge is 0.355 e. The van der Waals surface area contributed by atoms with Crippen molar-refractivity contribution in [2.75, 3.05) is 30.1 Å². The molecule has 14 heteroatoms. The van der Waals surface area contributed by atoms with Crippen LogP contribution in [-0.2, 0) is 36.0 Å². The number of carbonyl (C=O) groups excluding carboxylic acids is 3. The number of alkyl halides is 1. The monoisotopic (exact) mass is 885 g/mol. The number of esters is 1. The van der Waals surface area contributed by atoms with Gasteiger partial charge >= 0.3 is 5.97 Å². The third-order valence-corrected chi connectivity index (χ3v) is 12.7. The normalized spacial score (nSPS) is 16.9. The lowest BCUT2D eigenvalue weighted by atomic mass is 9.69. The van der Waals surface area contributed by atoms with E-state index in [9.17, 15) is 14.4 Å². The average Bonchev–Trinajstić information content (AvgIpc) is 3.72. The van der Waals surface area contributed by atoms with Gasteiger partial charge in [-0.05, 0) is 46.0 Å². The molecule has 2 aliphatic rings. The van der Waals surface area contributed by atoms with E-state index in [0.29, 0.717) is 26.6 Å². The Morgan fingerprint density at radius 2 is 1.62 bits per heavy atom. The number of fused-ring (bicyclic) bond motifs is 1. The molecule has 0 radical (unpaired) electrons. The average molecular weight is 886 g/mol. The van der Waals surface area contributed by atoms with Crippen LogP contribution in [0.4, 0.5) is 5.69 Å². The van der Waals surface area contributed by atoms with Crippen LogP contribution in [0, 0.1) is 0 Å². The number of benzene rings is 4. The fourth-order valence-corrected chi connectivity index (χ4v) is 10.2. The van der Waals surface area contributed by atoms with Gasteiger partial charge in [0.1, 0.15) is 47.3 Å². The number of para-hydroxylation sites is 1. The van der Waals surface area contributed by atoms with E-state index in [2.05, 4.69) is 33.1 Å². The molecule has 1 aromatic heterocycles. The van der Waals surface area contributed by atoms with E-state index in [0.717, 1.165) is 27.8 Å². The molecule has 2 aliphatic heterocycles. The van der Waals surface area contributed by atoms with E-state index < -0.39 is 34.6 Å². The molecule has 1 saturated heterocycles. The minimum atomic E-state index is -0.949. The number of rotatable bonds is 13. The van der Waals surface area contributed by atoms with Crippen LogP contribution in [0.3, 0.4) is 0 Å². The third kappa shape index (κ3) is 7.21. The number of carbonyl (C=O) groups is 3. The molecule has 55 heavy (non-hydrogen) atoms. The number of β-lactam (4-membered cyclic amide) rings is 1. The fourth-order valence-electron chi connectivity index (χ4n) is 6.83. The molecule has 2 amide bonds. The van der Waals surface area contributed by atoms with E-state index in [-0.39, 0.29) is 23.7 Å². The number of oxime groups is 1. The lowest BCUT2D eigenvalue weighted by Crippen LogP contribution is -2.71. The number of nitrogens with one attached hydrogen (secondary N) is 1. The van der Waals surface area contributed by atoms with Gasteiger partial charge in [-0.1, -0.05) is 119 Å². The Morgan fingerprint density at radius 1 is 0.964 bits per heavy atom. The molecule has 4 aromatic carbocycles. The van der Waals surface area contributed by atoms with Gasteiger partial charge in [0.2, 0.25) is 0 Å². The molecule has 0 bridgehead atoms. The van der Waals surface area contributed by atoms with Crippen LogP contribution in [-0.4, -0.2) is 69.2 Å². The first-order chi connectivity index (χ1) is 26.8. The topological polar surface area (TPSA) is 145 Å². The number of nitrogen functional groups attached to an aromatic ring is 1. The molecule has 0 saturated carbocycles. The first kappa shape index (κ1) is 38.1. The number of methoxy groups -OCH3 is 1. The van der Waals surface area contributed by atoms with Crippen LogP contribution < -0.4 is 15.8 Å². The summed E-state index contributed by atoms with van der Waals surface area (Å²) in [5.41, 5.74) is 11.0. The number of thioether (sulfide) groups is 1. The fraction of sp³-hybridized carbons (Fsp3) is 0.195. The molecule has 2 atom stereocenters. The van der Waals surface area contributed by atoms with Gasteiger partial charge in [-0.25, -0.2) is 9.78 Å². The van der Waals surface area contributed by atoms with Crippen molar-refractivity contribution in [3.8, 4) is 5.75 Å². The zero-order valence-corrected chi connectivity index (χ0v) is 33.6. The second-order valence-corrected chi connectivity index (χ2v) is 15.3. The Bertz CT molecular complexity index is 2230. The van der Waals surface area contributed by atoms with Gasteiger partial charge in [0.15, 0.2) is 5.71 Å². The number of amides is 2. The largest absolute Gasteiger partial charge is 0.497 e. The van der Waals surface area contributed by atoms with Crippen molar-refractivity contribution in [2.45, 2.75) is 23.4 Å². The quantitative estimate of drug-likeness (QED) is 0.0204. The van der Waals surface area contributed by atoms with E-state index in [4.69, 9.17) is 25.0 Å². The maximum atomic E-state index is 14.0. The van der Waals surface area contributed by atoms with E-state index in [1.54, 1.807) is 24.6 Å². The van der Waals surface area contributed by atoms with Crippen molar-refractivity contribution < 1.29 is 28.7 Å². The summed E-state index contributed by atoms with van der Waals surface area (Å²) in [7, 11) is 2.92. The van der Waals surface area contributed by atoms with Crippen LogP contribution >= 0.6 is 45.7 Å². The number of halogens is 1. The zero-order valence-electron chi connectivity index (χ0n) is 29.8. The van der Waals surface area contributed by atoms with Crippen molar-refractivity contribution in [2.24, 2.45) is 5.16 Å². The summed E-state index contributed by atoms with van der Waals surface area (Å²) in [5, 5.41) is 8.84. The number of ether oxygens (including phenoxy) is 2. The summed E-state index contributed by atoms with van der Waals surface area (Å²) in [5.74, 6) is -0.479. The second kappa shape index (κ2) is 16.7. The molecule has 280 valence electrons. The van der Waals surface area contributed by atoms with E-state index >= 15 is 0 Å². The third-order valence-electron chi connectivity index (χ3n) is 9.46. The SMILES string of the molecule is CON=C(C(=O)N[C@H]1C(=O)N2C(C(=O)OCc3ccc(OC)cc3)=C(CI)CS[C@H]12)c1csc(C(c2ccccc2)(c2ccccc2)c2ccccc2N)n1. The maximum absolute atomic E-state index is 14.0. The number of hydrogen-bond acceptors (Lipinski definition) is 11. The highest BCUT2D eigenvalue weighted by Crippen LogP contribution is 2.48. The van der Waals surface area contributed by atoms with E-state index in [1.807, 2.05) is 97.1 Å². The lowest BCUT2D eigenvalue weighted by Gasteiger charge is -2.49. The predicted molar refractivity (Wildman–Crippen MR) is 222 cm³/mol. The Labute approximate surface area is 340 Å². The highest BCUT2D eigenvalue weighted by Gasteiger charge is 2.54. The molecule has 3 heterocycles. The molecule has 0 aliphatic carbocycles. The van der Waals surface area contributed by atoms with Crippen molar-refractivity contribution in [1.29, 1.82) is 0 Å². The van der Waals surface area contributed by atoms with Gasteiger partial charge in [-0.2, -0.15) is 0 Å². The Kier molecular flexibility index (Phi) is 11.5. The summed E-state index contributed by atoms with van der Waals surface area (Å²) in [6, 6.07) is 33.9. The number of hydrogen-bond donors (Lipinski definition) is 2. The highest BCUT2D eigenvalue weighted by atomic mass is 127. The standard InChI is InChI=1S/C41H36IN5O6S2/c1-51-29-19-17-25(18-20-29)22-53-39(50)35-26(21-42)23-54-38-34(37(49)47(35)38)45-36(48)33(46-52-2)32-24-55-40(44-32)41(27-11-5-3-6-12-27,28-13-7-4-8-14-28)30-15-9-10-16-31(30)43/h3-20,24,34,38H,21-23,43H2,1-2H3,(H,45,48)/t34-,38+/m0/s1. The number of nitrogens with zero attached hydrogens (tertiary/aromatic N) is 3. The van der Waals surface area contributed by atoms with Gasteiger partial charge in [-0.15, -0.1) is 23.1 Å². The molecular formula is C41H36IN5O6S2. The van der Waals surface area contributed by atoms with Crippen molar-refractivity contribution >= 4 is 74.9 Å². The second-order valence-electron chi connectivity index (χ2n) is 12.6. The molecule has 11 nitrogen and oxygen atoms in total. The summed E-state index contributed by atoms with van der Waals surface area (Å²) >= 11 is 5.01. The maximum Gasteiger partial charge on any atom is 0.355 e. The molecule has 3 N–H and O–H groups in total. The highest BCUT2D eigenvalue weighted by molar-refractivity contribution is 14.1. The summed E-state index contributed by atoms with van der Waals surface area (Å²) in [4.78, 5) is 52.9. The van der Waals surface area contributed by atoms with Crippen LogP contribution in [0.1, 0.15) is 33.0 Å². The van der Waals surface area contributed by atoms with Crippen LogP contribution in [0.15, 0.2) is 131 Å². The van der Waals surface area contributed by atoms with Gasteiger partial charge in [0.05, 0.1) is 12.5 Å². The Hall–Kier alpha value is -5.19. The number of anilines is 1. The van der Waals surface area contributed by atoms with Gasteiger partial charge in [-0.3, -0.25) is 14.5 Å². The van der Waals surface area contributed by atoms with Crippen LogP contribution in [0.25, 0.3) is 0 Å². The zero-order chi connectivity index (χ0) is 38.5. The summed E-state index contributed by atoms with van der Waals surface area (Å²) in [6.45, 7) is 0.0278. The molecule has 0 unspecified atom stereocenters.